The largest absolute Gasteiger partial charge is 0.450 e. The smallest absolute Gasteiger partial charge is 0.334 e. The number of benzene rings is 2. The van der Waals surface area contributed by atoms with Gasteiger partial charge in [0.15, 0.2) is 0 Å². The third-order valence-electron chi connectivity index (χ3n) is 3.28. The van der Waals surface area contributed by atoms with Crippen molar-refractivity contribution in [3.8, 4) is 0 Å². The zero-order valence-corrected chi connectivity index (χ0v) is 13.2. The maximum Gasteiger partial charge on any atom is 0.334 e. The fourth-order valence-electron chi connectivity index (χ4n) is 1.98. The van der Waals surface area contributed by atoms with Crippen molar-refractivity contribution in [2.75, 3.05) is 0 Å². The standard InChI is InChI=1S/C19H17NO4/c1-14(2)19(21)24-18(16-6-4-3-5-7-16)13-10-15-8-11-17(12-9-15)20(22)23/h3-13,18H,1H2,2H3/b13-10+. The summed E-state index contributed by atoms with van der Waals surface area (Å²) >= 11 is 0. The highest BCUT2D eigenvalue weighted by Crippen LogP contribution is 2.22. The van der Waals surface area contributed by atoms with E-state index in [0.29, 0.717) is 5.57 Å². The lowest BCUT2D eigenvalue weighted by molar-refractivity contribution is -0.384. The van der Waals surface area contributed by atoms with Gasteiger partial charge >= 0.3 is 5.97 Å². The molecule has 0 aliphatic heterocycles. The van der Waals surface area contributed by atoms with E-state index in [4.69, 9.17) is 4.74 Å². The summed E-state index contributed by atoms with van der Waals surface area (Å²) in [7, 11) is 0. The SMILES string of the molecule is C=C(C)C(=O)OC(/C=C/c1ccc([N+](=O)[O-])cc1)c1ccccc1. The summed E-state index contributed by atoms with van der Waals surface area (Å²) in [5, 5.41) is 10.7. The maximum absolute atomic E-state index is 11.8. The van der Waals surface area contributed by atoms with Gasteiger partial charge in [-0.1, -0.05) is 43.0 Å². The van der Waals surface area contributed by atoms with Crippen LogP contribution in [0.5, 0.6) is 0 Å². The number of ether oxygens (including phenoxy) is 1. The number of rotatable bonds is 6. The van der Waals surface area contributed by atoms with Crippen LogP contribution in [-0.4, -0.2) is 10.9 Å². The van der Waals surface area contributed by atoms with Crippen molar-refractivity contribution in [2.24, 2.45) is 0 Å². The van der Waals surface area contributed by atoms with E-state index in [0.717, 1.165) is 11.1 Å². The van der Waals surface area contributed by atoms with Crippen LogP contribution in [0.4, 0.5) is 5.69 Å². The van der Waals surface area contributed by atoms with Crippen LogP contribution in [0.3, 0.4) is 0 Å². The van der Waals surface area contributed by atoms with Gasteiger partial charge in [-0.05, 0) is 36.3 Å². The van der Waals surface area contributed by atoms with E-state index in [1.165, 1.54) is 12.1 Å². The zero-order chi connectivity index (χ0) is 17.5. The molecule has 0 aliphatic carbocycles. The Kier molecular flexibility index (Phi) is 5.63. The van der Waals surface area contributed by atoms with Gasteiger partial charge in [-0.2, -0.15) is 0 Å². The fraction of sp³-hybridized carbons (Fsp3) is 0.105. The minimum atomic E-state index is -0.564. The van der Waals surface area contributed by atoms with Gasteiger partial charge in [-0.25, -0.2) is 4.79 Å². The van der Waals surface area contributed by atoms with Crippen molar-refractivity contribution < 1.29 is 14.5 Å². The van der Waals surface area contributed by atoms with Crippen LogP contribution in [0.15, 0.2) is 72.8 Å². The summed E-state index contributed by atoms with van der Waals surface area (Å²) in [5.74, 6) is -0.475. The lowest BCUT2D eigenvalue weighted by Crippen LogP contribution is -2.10. The molecule has 5 nitrogen and oxygen atoms in total. The van der Waals surface area contributed by atoms with Gasteiger partial charge in [0.25, 0.3) is 5.69 Å². The molecular weight excluding hydrogens is 306 g/mol. The minimum absolute atomic E-state index is 0.0282. The molecule has 0 fully saturated rings. The zero-order valence-electron chi connectivity index (χ0n) is 13.2. The van der Waals surface area contributed by atoms with E-state index in [-0.39, 0.29) is 5.69 Å². The molecule has 0 bridgehead atoms. The second-order valence-electron chi connectivity index (χ2n) is 5.22. The van der Waals surface area contributed by atoms with Gasteiger partial charge in [-0.15, -0.1) is 0 Å². The van der Waals surface area contributed by atoms with Gasteiger partial charge < -0.3 is 4.74 Å². The number of hydrogen-bond acceptors (Lipinski definition) is 4. The Morgan fingerprint density at radius 1 is 1.17 bits per heavy atom. The number of hydrogen-bond donors (Lipinski definition) is 0. The number of nitro groups is 1. The first-order valence-electron chi connectivity index (χ1n) is 7.31. The predicted molar refractivity (Wildman–Crippen MR) is 92.2 cm³/mol. The Bertz CT molecular complexity index is 764. The van der Waals surface area contributed by atoms with Gasteiger partial charge in [0, 0.05) is 17.7 Å². The summed E-state index contributed by atoms with van der Waals surface area (Å²) in [4.78, 5) is 22.0. The van der Waals surface area contributed by atoms with Crippen LogP contribution in [0, 0.1) is 10.1 Å². The summed E-state index contributed by atoms with van der Waals surface area (Å²) in [6.07, 6.45) is 2.93. The first-order chi connectivity index (χ1) is 11.5. The van der Waals surface area contributed by atoms with Crippen LogP contribution in [-0.2, 0) is 9.53 Å². The molecule has 5 heteroatoms. The molecule has 0 radical (unpaired) electrons. The summed E-state index contributed by atoms with van der Waals surface area (Å²) in [6.45, 7) is 5.17. The van der Waals surface area contributed by atoms with E-state index in [9.17, 15) is 14.9 Å². The Balaban J connectivity index is 2.22. The molecule has 0 saturated heterocycles. The van der Waals surface area contributed by atoms with Crippen LogP contribution < -0.4 is 0 Å². The molecule has 0 aliphatic rings. The molecule has 0 saturated carbocycles. The van der Waals surface area contributed by atoms with E-state index in [2.05, 4.69) is 6.58 Å². The number of nitrogens with zero attached hydrogens (tertiary/aromatic N) is 1. The first kappa shape index (κ1) is 17.1. The minimum Gasteiger partial charge on any atom is -0.450 e. The number of nitro benzene ring substituents is 1. The van der Waals surface area contributed by atoms with Crippen LogP contribution in [0.2, 0.25) is 0 Å². The van der Waals surface area contributed by atoms with Crippen LogP contribution >= 0.6 is 0 Å². The molecule has 0 amide bonds. The van der Waals surface area contributed by atoms with Crippen molar-refractivity contribution in [2.45, 2.75) is 13.0 Å². The van der Waals surface area contributed by atoms with Crippen LogP contribution in [0.25, 0.3) is 6.08 Å². The molecule has 24 heavy (non-hydrogen) atoms. The molecular formula is C19H17NO4. The maximum atomic E-state index is 11.8. The van der Waals surface area contributed by atoms with Crippen molar-refractivity contribution in [1.82, 2.24) is 0 Å². The molecule has 0 N–H and O–H groups in total. The Labute approximate surface area is 140 Å². The molecule has 1 atom stereocenters. The lowest BCUT2D eigenvalue weighted by atomic mass is 10.1. The van der Waals surface area contributed by atoms with Crippen molar-refractivity contribution >= 4 is 17.7 Å². The average Bonchev–Trinajstić information content (AvgIpc) is 2.59. The van der Waals surface area contributed by atoms with Crippen molar-refractivity contribution in [1.29, 1.82) is 0 Å². The Morgan fingerprint density at radius 3 is 2.33 bits per heavy atom. The molecule has 0 spiro atoms. The second-order valence-corrected chi connectivity index (χ2v) is 5.22. The Hall–Kier alpha value is -3.21. The van der Waals surface area contributed by atoms with Crippen molar-refractivity contribution in [3.05, 3.63) is 94.1 Å². The molecule has 0 heterocycles. The summed E-state index contributed by atoms with van der Waals surface area (Å²) in [6, 6.07) is 15.4. The normalized spacial score (nSPS) is 11.9. The second kappa shape index (κ2) is 7.87. The third kappa shape index (κ3) is 4.64. The number of non-ortho nitro benzene ring substituents is 1. The molecule has 2 aromatic carbocycles. The highest BCUT2D eigenvalue weighted by atomic mass is 16.6. The van der Waals surface area contributed by atoms with E-state index >= 15 is 0 Å². The van der Waals surface area contributed by atoms with Crippen LogP contribution in [0.1, 0.15) is 24.2 Å². The predicted octanol–water partition coefficient (Wildman–Crippen LogP) is 4.47. The highest BCUT2D eigenvalue weighted by Gasteiger charge is 2.14. The van der Waals surface area contributed by atoms with E-state index in [1.54, 1.807) is 31.2 Å². The molecule has 0 aromatic heterocycles. The number of carbonyl (C=O) groups excluding carboxylic acids is 1. The fourth-order valence-corrected chi connectivity index (χ4v) is 1.98. The molecule has 2 aromatic rings. The van der Waals surface area contributed by atoms with Gasteiger partial charge in [0.1, 0.15) is 6.10 Å². The topological polar surface area (TPSA) is 69.4 Å². The monoisotopic (exact) mass is 323 g/mol. The quantitative estimate of drug-likeness (QED) is 0.340. The van der Waals surface area contributed by atoms with E-state index < -0.39 is 17.0 Å². The average molecular weight is 323 g/mol. The molecule has 1 unspecified atom stereocenters. The molecule has 122 valence electrons. The lowest BCUT2D eigenvalue weighted by Gasteiger charge is -2.15. The van der Waals surface area contributed by atoms with Gasteiger partial charge in [-0.3, -0.25) is 10.1 Å². The van der Waals surface area contributed by atoms with Crippen molar-refractivity contribution in [3.63, 3.8) is 0 Å². The summed E-state index contributed by atoms with van der Waals surface area (Å²) < 4.78 is 5.45. The Morgan fingerprint density at radius 2 is 1.79 bits per heavy atom. The first-order valence-corrected chi connectivity index (χ1v) is 7.31. The highest BCUT2D eigenvalue weighted by molar-refractivity contribution is 5.87. The number of esters is 1. The molecule has 2 rings (SSSR count). The van der Waals surface area contributed by atoms with Gasteiger partial charge in [0.2, 0.25) is 0 Å². The van der Waals surface area contributed by atoms with Gasteiger partial charge in [0.05, 0.1) is 4.92 Å². The third-order valence-corrected chi connectivity index (χ3v) is 3.28. The van der Waals surface area contributed by atoms with E-state index in [1.807, 2.05) is 30.3 Å². The number of carbonyl (C=O) groups is 1. The summed E-state index contributed by atoms with van der Waals surface area (Å²) in [5.41, 5.74) is 1.94.